The van der Waals surface area contributed by atoms with Crippen LogP contribution in [-0.2, 0) is 35.9 Å². The van der Waals surface area contributed by atoms with Gasteiger partial charge in [0.2, 0.25) is 17.7 Å². The summed E-state index contributed by atoms with van der Waals surface area (Å²) in [5.41, 5.74) is 1.95. The highest BCUT2D eigenvalue weighted by Crippen LogP contribution is 2.37. The van der Waals surface area contributed by atoms with E-state index >= 15 is 0 Å². The molecule has 58 heavy (non-hydrogen) atoms. The van der Waals surface area contributed by atoms with Gasteiger partial charge in [0.15, 0.2) is 0 Å². The van der Waals surface area contributed by atoms with Gasteiger partial charge >= 0.3 is 5.97 Å². The first-order valence-electron chi connectivity index (χ1n) is 20.0. The Morgan fingerprint density at radius 3 is 1.88 bits per heavy atom. The van der Waals surface area contributed by atoms with Gasteiger partial charge in [-0.2, -0.15) is 0 Å². The molecule has 0 saturated heterocycles. The zero-order chi connectivity index (χ0) is 40.7. The predicted octanol–water partition coefficient (Wildman–Crippen LogP) is 7.25. The number of benzene rings is 4. The van der Waals surface area contributed by atoms with Gasteiger partial charge in [0, 0.05) is 37.1 Å². The van der Waals surface area contributed by atoms with Crippen LogP contribution in [0.15, 0.2) is 157 Å². The molecule has 1 saturated carbocycles. The minimum atomic E-state index is -1.04. The van der Waals surface area contributed by atoms with Gasteiger partial charge in [-0.25, -0.2) is 4.79 Å². The van der Waals surface area contributed by atoms with Crippen LogP contribution < -0.4 is 21.5 Å². The minimum absolute atomic E-state index is 0.0294. The smallest absolute Gasteiger partial charge is 0.330 e. The summed E-state index contributed by atoms with van der Waals surface area (Å²) in [6.45, 7) is 1.86. The van der Waals surface area contributed by atoms with Crippen molar-refractivity contribution in [3.05, 3.63) is 184 Å². The lowest BCUT2D eigenvalue weighted by atomic mass is 9.77. The highest BCUT2D eigenvalue weighted by Gasteiger charge is 2.38. The van der Waals surface area contributed by atoms with E-state index in [1.807, 2.05) is 121 Å². The molecule has 3 amide bonds. The fourth-order valence-electron chi connectivity index (χ4n) is 7.65. The van der Waals surface area contributed by atoms with Gasteiger partial charge in [-0.1, -0.05) is 140 Å². The molecular weight excluding hydrogens is 729 g/mol. The predicted molar refractivity (Wildman–Crippen MR) is 225 cm³/mol. The van der Waals surface area contributed by atoms with Crippen LogP contribution in [0.3, 0.4) is 0 Å². The van der Waals surface area contributed by atoms with E-state index in [9.17, 15) is 24.0 Å². The number of hydrogen-bond acceptors (Lipinski definition) is 6. The highest BCUT2D eigenvalue weighted by atomic mass is 16.5. The summed E-state index contributed by atoms with van der Waals surface area (Å²) in [7, 11) is 0. The monoisotopic (exact) mass is 778 g/mol. The molecule has 1 fully saturated rings. The maximum absolute atomic E-state index is 14.4. The van der Waals surface area contributed by atoms with E-state index in [4.69, 9.17) is 4.74 Å². The second-order valence-corrected chi connectivity index (χ2v) is 14.5. The van der Waals surface area contributed by atoms with Crippen molar-refractivity contribution in [3.63, 3.8) is 0 Å². The summed E-state index contributed by atoms with van der Waals surface area (Å²) < 4.78 is 6.46. The molecule has 3 N–H and O–H groups in total. The lowest BCUT2D eigenvalue weighted by molar-refractivity contribution is -0.137. The van der Waals surface area contributed by atoms with E-state index in [0.717, 1.165) is 47.9 Å². The number of ether oxygens (including phenoxy) is 1. The Morgan fingerprint density at radius 1 is 0.776 bits per heavy atom. The number of carbonyl (C=O) groups is 4. The summed E-state index contributed by atoms with van der Waals surface area (Å²) in [5.74, 6) is -1.74. The van der Waals surface area contributed by atoms with Crippen molar-refractivity contribution in [3.8, 4) is 0 Å². The molecule has 0 spiro atoms. The maximum atomic E-state index is 14.4. The van der Waals surface area contributed by atoms with E-state index in [1.165, 1.54) is 22.9 Å². The first kappa shape index (κ1) is 41.1. The maximum Gasteiger partial charge on any atom is 0.330 e. The first-order chi connectivity index (χ1) is 28.3. The van der Waals surface area contributed by atoms with Crippen LogP contribution in [0.1, 0.15) is 73.7 Å². The van der Waals surface area contributed by atoms with E-state index in [1.54, 1.807) is 19.1 Å². The molecule has 0 radical (unpaired) electrons. The normalized spacial score (nSPS) is 14.0. The van der Waals surface area contributed by atoms with Crippen LogP contribution in [0.25, 0.3) is 0 Å². The van der Waals surface area contributed by atoms with Crippen LogP contribution in [-0.4, -0.2) is 40.9 Å². The van der Waals surface area contributed by atoms with Crippen molar-refractivity contribution in [2.75, 3.05) is 11.9 Å². The van der Waals surface area contributed by atoms with Crippen molar-refractivity contribution >= 4 is 29.4 Å². The van der Waals surface area contributed by atoms with Crippen LogP contribution >= 0.6 is 0 Å². The van der Waals surface area contributed by atoms with Gasteiger partial charge in [-0.05, 0) is 60.6 Å². The summed E-state index contributed by atoms with van der Waals surface area (Å²) in [5, 5.41) is 9.19. The highest BCUT2D eigenvalue weighted by molar-refractivity contribution is 5.92. The van der Waals surface area contributed by atoms with E-state index < -0.39 is 35.1 Å². The van der Waals surface area contributed by atoms with Gasteiger partial charge < -0.3 is 25.3 Å². The van der Waals surface area contributed by atoms with E-state index in [-0.39, 0.29) is 49.3 Å². The Morgan fingerprint density at radius 2 is 1.33 bits per heavy atom. The van der Waals surface area contributed by atoms with Crippen molar-refractivity contribution in [1.29, 1.82) is 0 Å². The lowest BCUT2D eigenvalue weighted by Gasteiger charge is -2.37. The van der Waals surface area contributed by atoms with Crippen LogP contribution in [0, 0.1) is 5.92 Å². The van der Waals surface area contributed by atoms with Gasteiger partial charge in [-0.15, -0.1) is 0 Å². The number of nitrogens with one attached hydrogen (secondary N) is 3. The van der Waals surface area contributed by atoms with Gasteiger partial charge in [0.1, 0.15) is 17.3 Å². The quantitative estimate of drug-likeness (QED) is 0.0517. The van der Waals surface area contributed by atoms with E-state index in [0.29, 0.717) is 0 Å². The molecule has 10 heteroatoms. The Kier molecular flexibility index (Phi) is 14.2. The Bertz CT molecular complexity index is 2120. The van der Waals surface area contributed by atoms with Crippen molar-refractivity contribution < 1.29 is 23.9 Å². The Balaban J connectivity index is 1.29. The molecular formula is C48H50N4O6. The zero-order valence-electron chi connectivity index (χ0n) is 32.7. The van der Waals surface area contributed by atoms with Gasteiger partial charge in [0.05, 0.1) is 6.61 Å². The molecule has 2 atom stereocenters. The third-order valence-corrected chi connectivity index (χ3v) is 10.6. The van der Waals surface area contributed by atoms with Crippen molar-refractivity contribution in [1.82, 2.24) is 15.2 Å². The van der Waals surface area contributed by atoms with Crippen molar-refractivity contribution in [2.24, 2.45) is 5.92 Å². The molecule has 1 heterocycles. The average molecular weight is 779 g/mol. The van der Waals surface area contributed by atoms with Crippen LogP contribution in [0.4, 0.5) is 5.69 Å². The van der Waals surface area contributed by atoms with Gasteiger partial charge in [-0.3, -0.25) is 19.2 Å². The minimum Gasteiger partial charge on any atom is -0.463 e. The molecule has 0 unspecified atom stereocenters. The fourth-order valence-corrected chi connectivity index (χ4v) is 7.65. The summed E-state index contributed by atoms with van der Waals surface area (Å²) in [6, 6.07) is 40.0. The summed E-state index contributed by atoms with van der Waals surface area (Å²) >= 11 is 0. The number of carbonyl (C=O) groups excluding carboxylic acids is 4. The van der Waals surface area contributed by atoms with E-state index in [2.05, 4.69) is 16.0 Å². The largest absolute Gasteiger partial charge is 0.463 e. The third kappa shape index (κ3) is 10.2. The average Bonchev–Trinajstić information content (AvgIpc) is 3.81. The molecule has 4 aromatic carbocycles. The fraction of sp³-hybridized carbons (Fsp3) is 0.271. The number of hydrogen-bond donors (Lipinski definition) is 3. The number of esters is 1. The standard InChI is InChI=1S/C48H50N4O6/c1-2-58-44(54)32-30-40(29-31-43(53)51-48(37-22-9-4-10-23-37,38-24-11-5-12-25-38)39-26-13-6-14-27-39)49-46(56)42(34-35-18-7-3-8-19-35)52-33-17-28-41(47(52)57)50-45(55)36-20-15-16-21-36/h3-14,17-19,22-28,30,32-33,36,40,42H,2,15-16,20-21,29,31,34H2,1H3,(H,49,56)(H,50,55)(H,51,53)/b32-30+/t40-,42-/m0/s1. The number of aromatic nitrogens is 1. The summed E-state index contributed by atoms with van der Waals surface area (Å²) in [6.07, 6.45) is 8.03. The number of pyridine rings is 1. The van der Waals surface area contributed by atoms with Gasteiger partial charge in [0.25, 0.3) is 5.56 Å². The van der Waals surface area contributed by atoms with Crippen LogP contribution in [0.5, 0.6) is 0 Å². The first-order valence-corrected chi connectivity index (χ1v) is 20.0. The van der Waals surface area contributed by atoms with Crippen LogP contribution in [0.2, 0.25) is 0 Å². The molecule has 5 aromatic rings. The SMILES string of the molecule is CCOC(=O)/C=C/[C@H](CCC(=O)NC(c1ccccc1)(c1ccccc1)c1ccccc1)NC(=O)[C@H](Cc1ccccc1)n1cccc(NC(=O)C2CCCC2)c1=O. The van der Waals surface area contributed by atoms with Crippen molar-refractivity contribution in [2.45, 2.75) is 69.5 Å². The summed E-state index contributed by atoms with van der Waals surface area (Å²) in [4.78, 5) is 68.2. The molecule has 298 valence electrons. The second kappa shape index (κ2) is 20.0. The third-order valence-electron chi connectivity index (χ3n) is 10.6. The molecule has 0 aliphatic heterocycles. The molecule has 1 aliphatic rings. The Labute approximate surface area is 339 Å². The lowest BCUT2D eigenvalue weighted by Crippen LogP contribution is -2.48. The Hall–Kier alpha value is -6.55. The number of rotatable bonds is 17. The molecule has 0 bridgehead atoms. The molecule has 1 aromatic heterocycles. The number of nitrogens with zero attached hydrogens (tertiary/aromatic N) is 1. The molecule has 1 aliphatic carbocycles. The molecule has 6 rings (SSSR count). The zero-order valence-corrected chi connectivity index (χ0v) is 32.7. The number of amides is 3. The topological polar surface area (TPSA) is 136 Å². The number of anilines is 1. The molecule has 10 nitrogen and oxygen atoms in total. The second-order valence-electron chi connectivity index (χ2n) is 14.5.